The van der Waals surface area contributed by atoms with Gasteiger partial charge in [0.05, 0.1) is 24.2 Å². The highest BCUT2D eigenvalue weighted by atomic mass is 16.5. The molecule has 21 heavy (non-hydrogen) atoms. The van der Waals surface area contributed by atoms with Crippen molar-refractivity contribution in [3.8, 4) is 0 Å². The number of benzene rings is 1. The van der Waals surface area contributed by atoms with E-state index in [9.17, 15) is 19.2 Å². The molecule has 0 fully saturated rings. The molecule has 7 nitrogen and oxygen atoms in total. The lowest BCUT2D eigenvalue weighted by atomic mass is 10.1. The highest BCUT2D eigenvalue weighted by Crippen LogP contribution is 2.28. The lowest BCUT2D eigenvalue weighted by Gasteiger charge is -2.11. The van der Waals surface area contributed by atoms with Crippen LogP contribution in [0.1, 0.15) is 40.5 Å². The van der Waals surface area contributed by atoms with Crippen molar-refractivity contribution in [1.29, 1.82) is 0 Å². The zero-order chi connectivity index (χ0) is 15.6. The first-order valence-corrected chi connectivity index (χ1v) is 6.43. The van der Waals surface area contributed by atoms with Crippen LogP contribution in [0, 0.1) is 0 Å². The van der Waals surface area contributed by atoms with Crippen LogP contribution in [0.2, 0.25) is 0 Å². The van der Waals surface area contributed by atoms with E-state index in [1.807, 2.05) is 0 Å². The Hall–Kier alpha value is -2.70. The smallest absolute Gasteiger partial charge is 0.306 e. The molecule has 0 saturated heterocycles. The van der Waals surface area contributed by atoms with Crippen molar-refractivity contribution < 1.29 is 23.9 Å². The molecular weight excluding hydrogens is 276 g/mol. The van der Waals surface area contributed by atoms with E-state index in [2.05, 4.69) is 0 Å². The van der Waals surface area contributed by atoms with E-state index in [4.69, 9.17) is 10.5 Å². The number of hydrogen-bond donors (Lipinski definition) is 1. The van der Waals surface area contributed by atoms with Gasteiger partial charge in [-0.25, -0.2) is 4.90 Å². The second kappa shape index (κ2) is 5.74. The Balaban J connectivity index is 2.14. The Labute approximate surface area is 120 Å². The Morgan fingerprint density at radius 1 is 1.19 bits per heavy atom. The maximum atomic E-state index is 12.1. The molecular formula is C14H14N2O5. The van der Waals surface area contributed by atoms with Crippen LogP contribution in [0.3, 0.4) is 0 Å². The molecule has 1 aromatic rings. The fraction of sp³-hybridized carbons (Fsp3) is 0.286. The number of imide groups is 3. The second-order valence-electron chi connectivity index (χ2n) is 4.41. The summed E-state index contributed by atoms with van der Waals surface area (Å²) in [6.07, 6.45) is -0.459. The van der Waals surface area contributed by atoms with Gasteiger partial charge in [0, 0.05) is 12.1 Å². The average molecular weight is 290 g/mol. The summed E-state index contributed by atoms with van der Waals surface area (Å²) in [7, 11) is 0. The van der Waals surface area contributed by atoms with E-state index in [1.165, 1.54) is 18.2 Å². The van der Waals surface area contributed by atoms with Gasteiger partial charge in [-0.2, -0.15) is 0 Å². The van der Waals surface area contributed by atoms with E-state index < -0.39 is 23.7 Å². The Bertz CT molecular complexity index is 638. The van der Waals surface area contributed by atoms with E-state index in [0.717, 1.165) is 0 Å². The zero-order valence-electron chi connectivity index (χ0n) is 11.4. The van der Waals surface area contributed by atoms with Gasteiger partial charge in [-0.05, 0) is 19.1 Å². The zero-order valence-corrected chi connectivity index (χ0v) is 11.4. The summed E-state index contributed by atoms with van der Waals surface area (Å²) < 4.78 is 4.69. The topological polar surface area (TPSA) is 107 Å². The molecule has 1 aliphatic heterocycles. The minimum Gasteiger partial charge on any atom is -0.466 e. The summed E-state index contributed by atoms with van der Waals surface area (Å²) in [6.45, 7) is 1.85. The molecule has 0 radical (unpaired) electrons. The van der Waals surface area contributed by atoms with Gasteiger partial charge in [-0.1, -0.05) is 6.07 Å². The van der Waals surface area contributed by atoms with E-state index in [0.29, 0.717) is 4.90 Å². The van der Waals surface area contributed by atoms with Crippen molar-refractivity contribution in [2.75, 3.05) is 12.3 Å². The Morgan fingerprint density at radius 2 is 1.90 bits per heavy atom. The average Bonchev–Trinajstić information content (AvgIpc) is 2.70. The first-order valence-electron chi connectivity index (χ1n) is 6.43. The number of amides is 3. The molecule has 1 aliphatic rings. The highest BCUT2D eigenvalue weighted by Gasteiger charge is 2.40. The largest absolute Gasteiger partial charge is 0.466 e. The second-order valence-corrected chi connectivity index (χ2v) is 4.41. The number of ether oxygens (including phenoxy) is 1. The Morgan fingerprint density at radius 3 is 2.52 bits per heavy atom. The molecule has 0 aromatic heterocycles. The third-order valence-corrected chi connectivity index (χ3v) is 3.04. The number of rotatable bonds is 4. The lowest BCUT2D eigenvalue weighted by Crippen LogP contribution is -2.36. The first kappa shape index (κ1) is 14.7. The van der Waals surface area contributed by atoms with Gasteiger partial charge in [0.1, 0.15) is 0 Å². The molecule has 2 N–H and O–H groups in total. The highest BCUT2D eigenvalue weighted by molar-refractivity contribution is 6.30. The van der Waals surface area contributed by atoms with Crippen molar-refractivity contribution in [1.82, 2.24) is 4.90 Å². The van der Waals surface area contributed by atoms with Gasteiger partial charge in [0.15, 0.2) is 0 Å². The monoisotopic (exact) mass is 290 g/mol. The number of esters is 1. The molecule has 1 heterocycles. The van der Waals surface area contributed by atoms with Gasteiger partial charge in [-0.3, -0.25) is 19.2 Å². The van der Waals surface area contributed by atoms with E-state index in [-0.39, 0.29) is 36.3 Å². The van der Waals surface area contributed by atoms with Crippen LogP contribution in [0.5, 0.6) is 0 Å². The van der Waals surface area contributed by atoms with Crippen LogP contribution in [0.4, 0.5) is 5.69 Å². The van der Waals surface area contributed by atoms with E-state index >= 15 is 0 Å². The summed E-state index contributed by atoms with van der Waals surface area (Å²) in [6, 6.07) is 4.45. The van der Waals surface area contributed by atoms with Crippen molar-refractivity contribution in [2.45, 2.75) is 19.8 Å². The van der Waals surface area contributed by atoms with Crippen LogP contribution in [0.15, 0.2) is 18.2 Å². The van der Waals surface area contributed by atoms with Crippen LogP contribution < -0.4 is 5.73 Å². The summed E-state index contributed by atoms with van der Waals surface area (Å²) in [5, 5.41) is 0. The fourth-order valence-corrected chi connectivity index (χ4v) is 2.09. The number of anilines is 1. The number of carbonyl (C=O) groups is 4. The third kappa shape index (κ3) is 2.62. The number of fused-ring (bicyclic) bond motifs is 1. The van der Waals surface area contributed by atoms with Crippen LogP contribution >= 0.6 is 0 Å². The SMILES string of the molecule is CCOC(=O)CCC(=O)N1C(=O)c2cccc(N)c2C1=O. The summed E-state index contributed by atoms with van der Waals surface area (Å²) in [5.74, 6) is -2.76. The minimum absolute atomic E-state index is 0.0342. The maximum absolute atomic E-state index is 12.1. The van der Waals surface area contributed by atoms with Gasteiger partial charge in [0.2, 0.25) is 5.91 Å². The van der Waals surface area contributed by atoms with Crippen molar-refractivity contribution in [2.24, 2.45) is 0 Å². The standard InChI is InChI=1S/C14H14N2O5/c1-2-21-11(18)7-6-10(17)16-13(19)8-4-3-5-9(15)12(8)14(16)20/h3-5H,2,6-7,15H2,1H3. The molecule has 0 aliphatic carbocycles. The van der Waals surface area contributed by atoms with Crippen molar-refractivity contribution >= 4 is 29.4 Å². The van der Waals surface area contributed by atoms with Gasteiger partial charge >= 0.3 is 5.97 Å². The fourth-order valence-electron chi connectivity index (χ4n) is 2.09. The number of nitrogen functional groups attached to an aromatic ring is 1. The summed E-state index contributed by atoms with van der Waals surface area (Å²) in [5.41, 5.74) is 5.94. The summed E-state index contributed by atoms with van der Waals surface area (Å²) in [4.78, 5) is 47.9. The summed E-state index contributed by atoms with van der Waals surface area (Å²) >= 11 is 0. The van der Waals surface area contributed by atoms with Crippen molar-refractivity contribution in [3.05, 3.63) is 29.3 Å². The number of carbonyl (C=O) groups excluding carboxylic acids is 4. The van der Waals surface area contributed by atoms with Gasteiger partial charge in [-0.15, -0.1) is 0 Å². The molecule has 0 atom stereocenters. The molecule has 2 rings (SSSR count). The normalized spacial score (nSPS) is 13.3. The molecule has 110 valence electrons. The maximum Gasteiger partial charge on any atom is 0.306 e. The van der Waals surface area contributed by atoms with Crippen LogP contribution in [0.25, 0.3) is 0 Å². The molecule has 0 bridgehead atoms. The van der Waals surface area contributed by atoms with Crippen molar-refractivity contribution in [3.63, 3.8) is 0 Å². The Kier molecular flexibility index (Phi) is 4.02. The predicted molar refractivity (Wildman–Crippen MR) is 72.2 cm³/mol. The molecule has 1 aromatic carbocycles. The molecule has 0 saturated carbocycles. The minimum atomic E-state index is -0.748. The molecule has 0 spiro atoms. The number of hydrogen-bond acceptors (Lipinski definition) is 6. The van der Waals surface area contributed by atoms with Gasteiger partial charge < -0.3 is 10.5 Å². The molecule has 0 unspecified atom stereocenters. The lowest BCUT2D eigenvalue weighted by molar-refractivity contribution is -0.145. The quantitative estimate of drug-likeness (QED) is 0.498. The number of nitrogens with two attached hydrogens (primary N) is 1. The third-order valence-electron chi connectivity index (χ3n) is 3.04. The molecule has 7 heteroatoms. The predicted octanol–water partition coefficient (Wildman–Crippen LogP) is 0.735. The number of nitrogens with zero attached hydrogens (tertiary/aromatic N) is 1. The van der Waals surface area contributed by atoms with Crippen LogP contribution in [-0.2, 0) is 14.3 Å². The van der Waals surface area contributed by atoms with Gasteiger partial charge in [0.25, 0.3) is 11.8 Å². The first-order chi connectivity index (χ1) is 9.97. The van der Waals surface area contributed by atoms with E-state index in [1.54, 1.807) is 6.92 Å². The van der Waals surface area contributed by atoms with Crippen LogP contribution in [-0.4, -0.2) is 35.2 Å². The molecule has 3 amide bonds.